The summed E-state index contributed by atoms with van der Waals surface area (Å²) in [6.07, 6.45) is -3.76. The number of benzene rings is 1. The van der Waals surface area contributed by atoms with Gasteiger partial charge in [0.25, 0.3) is 0 Å². The molecule has 0 saturated carbocycles. The second-order valence-corrected chi connectivity index (χ2v) is 4.18. The van der Waals surface area contributed by atoms with Crippen molar-refractivity contribution >= 4 is 11.8 Å². The number of nitrogens with zero attached hydrogens (tertiary/aromatic N) is 1. The minimum Gasteiger partial charge on any atom is -0.477 e. The van der Waals surface area contributed by atoms with Crippen LogP contribution in [-0.2, 0) is 11.0 Å². The van der Waals surface area contributed by atoms with E-state index in [0.29, 0.717) is 0 Å². The lowest BCUT2D eigenvalue weighted by atomic mass is 9.98. The van der Waals surface area contributed by atoms with E-state index in [0.717, 1.165) is 24.4 Å². The van der Waals surface area contributed by atoms with Crippen molar-refractivity contribution in [2.75, 3.05) is 14.1 Å². The Morgan fingerprint density at radius 2 is 1.75 bits per heavy atom. The molecule has 0 fully saturated rings. The van der Waals surface area contributed by atoms with Crippen molar-refractivity contribution in [1.29, 1.82) is 0 Å². The molecule has 0 bridgehead atoms. The lowest BCUT2D eigenvalue weighted by Gasteiger charge is -2.13. The summed E-state index contributed by atoms with van der Waals surface area (Å²) in [5.41, 5.74) is -2.57. The van der Waals surface area contributed by atoms with Gasteiger partial charge in [-0.15, -0.1) is 0 Å². The van der Waals surface area contributed by atoms with E-state index in [1.165, 1.54) is 25.1 Å². The Morgan fingerprint density at radius 3 is 2.20 bits per heavy atom. The first-order valence-corrected chi connectivity index (χ1v) is 5.47. The highest BCUT2D eigenvalue weighted by Crippen LogP contribution is 2.32. The van der Waals surface area contributed by atoms with E-state index < -0.39 is 34.6 Å². The molecule has 4 nitrogen and oxygen atoms in total. The first-order valence-electron chi connectivity index (χ1n) is 5.47. The van der Waals surface area contributed by atoms with Crippen LogP contribution in [0.1, 0.15) is 15.9 Å². The lowest BCUT2D eigenvalue weighted by molar-refractivity contribution is -0.138. The Morgan fingerprint density at radius 1 is 1.20 bits per heavy atom. The highest BCUT2D eigenvalue weighted by atomic mass is 19.4. The molecule has 0 aliphatic heterocycles. The third-order valence-corrected chi connectivity index (χ3v) is 2.34. The fourth-order valence-corrected chi connectivity index (χ4v) is 1.54. The number of hydrogen-bond acceptors (Lipinski definition) is 3. The quantitative estimate of drug-likeness (QED) is 0.400. The Bertz CT molecular complexity index is 562. The first-order chi connectivity index (χ1) is 9.14. The zero-order valence-electron chi connectivity index (χ0n) is 10.7. The van der Waals surface area contributed by atoms with Gasteiger partial charge in [0.1, 0.15) is 5.57 Å². The van der Waals surface area contributed by atoms with Crippen LogP contribution in [0.2, 0.25) is 0 Å². The van der Waals surface area contributed by atoms with Crippen molar-refractivity contribution in [2.24, 2.45) is 0 Å². The molecule has 0 saturated heterocycles. The fourth-order valence-electron chi connectivity index (χ4n) is 1.54. The van der Waals surface area contributed by atoms with Gasteiger partial charge < -0.3 is 10.0 Å². The Labute approximate surface area is 113 Å². The number of ketones is 1. The van der Waals surface area contributed by atoms with Crippen LogP contribution in [0.5, 0.6) is 0 Å². The van der Waals surface area contributed by atoms with Crippen LogP contribution in [0.3, 0.4) is 0 Å². The van der Waals surface area contributed by atoms with Crippen LogP contribution in [0.4, 0.5) is 13.2 Å². The van der Waals surface area contributed by atoms with E-state index in [-0.39, 0.29) is 0 Å². The topological polar surface area (TPSA) is 57.6 Å². The van der Waals surface area contributed by atoms with Crippen LogP contribution >= 0.6 is 0 Å². The molecule has 1 rings (SSSR count). The number of rotatable bonds is 4. The minimum absolute atomic E-state index is 0.685. The number of aliphatic carboxylic acids is 1. The number of Topliss-reactive ketones (excluding diaryl/α,β-unsaturated/α-hetero) is 1. The summed E-state index contributed by atoms with van der Waals surface area (Å²) in [6, 6.07) is 4.08. The molecule has 0 aliphatic carbocycles. The zero-order valence-corrected chi connectivity index (χ0v) is 10.7. The summed E-state index contributed by atoms with van der Waals surface area (Å²) in [5.74, 6) is -2.76. The van der Waals surface area contributed by atoms with Gasteiger partial charge in [-0.2, -0.15) is 13.2 Å². The molecule has 108 valence electrons. The van der Waals surface area contributed by atoms with Crippen LogP contribution in [-0.4, -0.2) is 35.9 Å². The molecule has 1 aromatic rings. The van der Waals surface area contributed by atoms with Crippen LogP contribution in [0, 0.1) is 0 Å². The molecule has 0 atom stereocenters. The molecular weight excluding hydrogens is 275 g/mol. The van der Waals surface area contributed by atoms with E-state index >= 15 is 0 Å². The van der Waals surface area contributed by atoms with Gasteiger partial charge >= 0.3 is 12.1 Å². The van der Waals surface area contributed by atoms with Gasteiger partial charge in [-0.1, -0.05) is 18.2 Å². The van der Waals surface area contributed by atoms with Gasteiger partial charge in [-0.3, -0.25) is 4.79 Å². The average molecular weight is 287 g/mol. The maximum absolute atomic E-state index is 12.8. The normalized spacial score (nSPS) is 12.2. The molecule has 1 N–H and O–H groups in total. The first kappa shape index (κ1) is 15.7. The van der Waals surface area contributed by atoms with Crippen molar-refractivity contribution in [2.45, 2.75) is 6.18 Å². The van der Waals surface area contributed by atoms with Crippen LogP contribution < -0.4 is 0 Å². The van der Waals surface area contributed by atoms with E-state index in [1.807, 2.05) is 0 Å². The molecule has 0 aliphatic rings. The molecule has 0 amide bonds. The molecule has 0 radical (unpaired) electrons. The molecule has 0 aromatic heterocycles. The largest absolute Gasteiger partial charge is 0.477 e. The second kappa shape index (κ2) is 5.77. The number of hydrogen-bond donors (Lipinski definition) is 1. The number of alkyl halides is 3. The number of carbonyl (C=O) groups excluding carboxylic acids is 1. The summed E-state index contributed by atoms with van der Waals surface area (Å²) in [5, 5.41) is 8.95. The van der Waals surface area contributed by atoms with Gasteiger partial charge in [0.05, 0.1) is 5.56 Å². The second-order valence-electron chi connectivity index (χ2n) is 4.18. The fraction of sp³-hybridized carbons (Fsp3) is 0.231. The molecule has 7 heteroatoms. The predicted octanol–water partition coefficient (Wildman–Crippen LogP) is 2.42. The number of carbonyl (C=O) groups is 2. The number of carboxylic acids is 1. The van der Waals surface area contributed by atoms with Crippen molar-refractivity contribution in [3.05, 3.63) is 47.2 Å². The van der Waals surface area contributed by atoms with Gasteiger partial charge in [0, 0.05) is 25.9 Å². The van der Waals surface area contributed by atoms with E-state index in [1.54, 1.807) is 0 Å². The van der Waals surface area contributed by atoms with Gasteiger partial charge in [-0.05, 0) is 6.07 Å². The van der Waals surface area contributed by atoms with Gasteiger partial charge in [-0.25, -0.2) is 4.79 Å². The smallest absolute Gasteiger partial charge is 0.417 e. The maximum Gasteiger partial charge on any atom is 0.417 e. The third kappa shape index (κ3) is 3.59. The molecule has 0 unspecified atom stereocenters. The molecular formula is C13H12F3NO3. The van der Waals surface area contributed by atoms with Crippen molar-refractivity contribution in [1.82, 2.24) is 4.90 Å². The van der Waals surface area contributed by atoms with Crippen molar-refractivity contribution in [3.8, 4) is 0 Å². The standard InChI is InChI=1S/C13H12F3NO3/c1-17(2)7-9(12(19)20)11(18)8-5-3-4-6-10(8)13(14,15)16/h3-7H,1-2H3,(H,19,20). The number of halogens is 3. The van der Waals surface area contributed by atoms with E-state index in [2.05, 4.69) is 0 Å². The summed E-state index contributed by atoms with van der Waals surface area (Å²) >= 11 is 0. The van der Waals surface area contributed by atoms with Gasteiger partial charge in [0.2, 0.25) is 5.78 Å². The molecule has 0 heterocycles. The monoisotopic (exact) mass is 287 g/mol. The Balaban J connectivity index is 3.38. The summed E-state index contributed by atoms with van der Waals surface area (Å²) in [6.45, 7) is 0. The minimum atomic E-state index is -4.73. The Kier molecular flexibility index (Phi) is 4.54. The average Bonchev–Trinajstić information content (AvgIpc) is 2.33. The zero-order chi connectivity index (χ0) is 15.5. The third-order valence-electron chi connectivity index (χ3n) is 2.34. The predicted molar refractivity (Wildman–Crippen MR) is 65.2 cm³/mol. The summed E-state index contributed by atoms with van der Waals surface area (Å²) in [4.78, 5) is 24.3. The Hall–Kier alpha value is -2.31. The summed E-state index contributed by atoms with van der Waals surface area (Å²) < 4.78 is 38.4. The number of carboxylic acid groups (broad SMARTS) is 1. The molecule has 1 aromatic carbocycles. The van der Waals surface area contributed by atoms with E-state index in [4.69, 9.17) is 5.11 Å². The van der Waals surface area contributed by atoms with Crippen LogP contribution in [0.25, 0.3) is 0 Å². The van der Waals surface area contributed by atoms with Crippen molar-refractivity contribution < 1.29 is 27.9 Å². The highest BCUT2D eigenvalue weighted by molar-refractivity contribution is 6.24. The lowest BCUT2D eigenvalue weighted by Crippen LogP contribution is -2.20. The van der Waals surface area contributed by atoms with E-state index in [9.17, 15) is 22.8 Å². The maximum atomic E-state index is 12.8. The van der Waals surface area contributed by atoms with Crippen molar-refractivity contribution in [3.63, 3.8) is 0 Å². The summed E-state index contributed by atoms with van der Waals surface area (Å²) in [7, 11) is 2.93. The van der Waals surface area contributed by atoms with Gasteiger partial charge in [0.15, 0.2) is 0 Å². The SMILES string of the molecule is CN(C)C=C(C(=O)O)C(=O)c1ccccc1C(F)(F)F. The molecule has 0 spiro atoms. The highest BCUT2D eigenvalue weighted by Gasteiger charge is 2.36. The van der Waals surface area contributed by atoms with Crippen LogP contribution in [0.15, 0.2) is 36.0 Å². The molecule has 20 heavy (non-hydrogen) atoms.